The van der Waals surface area contributed by atoms with E-state index in [1.807, 2.05) is 0 Å². The summed E-state index contributed by atoms with van der Waals surface area (Å²) in [4.78, 5) is 32.7. The number of amides is 1. The Balaban J connectivity index is 1.59. The molecule has 2 heterocycles. The molecule has 0 aliphatic heterocycles. The van der Waals surface area contributed by atoms with Crippen molar-refractivity contribution in [1.29, 1.82) is 0 Å². The van der Waals surface area contributed by atoms with Crippen molar-refractivity contribution < 1.29 is 27.9 Å². The normalized spacial score (nSPS) is 11.2. The van der Waals surface area contributed by atoms with E-state index >= 15 is 0 Å². The summed E-state index contributed by atoms with van der Waals surface area (Å²) < 4.78 is 28.9. The van der Waals surface area contributed by atoms with Gasteiger partial charge in [-0.05, 0) is 52.0 Å². The van der Waals surface area contributed by atoms with Crippen molar-refractivity contribution in [3.63, 3.8) is 0 Å². The minimum Gasteiger partial charge on any atom is -0.451 e. The zero-order valence-corrected chi connectivity index (χ0v) is 17.6. The fourth-order valence-corrected chi connectivity index (χ4v) is 3.19. The van der Waals surface area contributed by atoms with Crippen LogP contribution in [-0.2, 0) is 16.1 Å². The molecule has 30 heavy (non-hydrogen) atoms. The summed E-state index contributed by atoms with van der Waals surface area (Å²) >= 11 is 0.976. The average molecular weight is 433 g/mol. The van der Waals surface area contributed by atoms with Crippen LogP contribution in [0.5, 0.6) is 0 Å². The number of oxazole rings is 1. The van der Waals surface area contributed by atoms with Gasteiger partial charge in [0.1, 0.15) is 16.3 Å². The van der Waals surface area contributed by atoms with E-state index in [9.17, 15) is 14.0 Å². The van der Waals surface area contributed by atoms with Crippen LogP contribution in [0.25, 0.3) is 11.3 Å². The van der Waals surface area contributed by atoms with Gasteiger partial charge in [0.25, 0.3) is 0 Å². The number of ether oxygens (including phenoxy) is 2. The topological polar surface area (TPSA) is 104 Å². The number of nitrogens with zero attached hydrogens (tertiary/aromatic N) is 2. The minimum atomic E-state index is -0.663. The van der Waals surface area contributed by atoms with Crippen molar-refractivity contribution in [2.45, 2.75) is 39.9 Å². The Hall–Kier alpha value is -3.27. The van der Waals surface area contributed by atoms with Gasteiger partial charge in [-0.2, -0.15) is 0 Å². The average Bonchev–Trinajstić information content (AvgIpc) is 3.25. The van der Waals surface area contributed by atoms with Crippen molar-refractivity contribution in [2.75, 3.05) is 5.32 Å². The van der Waals surface area contributed by atoms with Crippen LogP contribution in [0.4, 0.5) is 14.3 Å². The first-order valence-corrected chi connectivity index (χ1v) is 9.77. The van der Waals surface area contributed by atoms with Crippen molar-refractivity contribution in [3.8, 4) is 11.3 Å². The third-order valence-electron chi connectivity index (χ3n) is 3.60. The van der Waals surface area contributed by atoms with E-state index in [-0.39, 0.29) is 28.3 Å². The van der Waals surface area contributed by atoms with Crippen LogP contribution >= 0.6 is 11.3 Å². The molecule has 1 aromatic carbocycles. The van der Waals surface area contributed by atoms with Crippen molar-refractivity contribution in [3.05, 3.63) is 52.7 Å². The molecule has 0 aliphatic carbocycles. The standard InChI is InChI=1S/C20H20FN3O5S/c1-11-16(30-18(23-11)24-19(26)29-20(2,3)4)17(25)27-10-15-22-9-14(28-15)12-5-7-13(21)8-6-12/h5-9H,10H2,1-4H3,(H,23,24,26). The highest BCUT2D eigenvalue weighted by atomic mass is 32.1. The number of halogens is 1. The van der Waals surface area contributed by atoms with Gasteiger partial charge in [0.15, 0.2) is 17.5 Å². The van der Waals surface area contributed by atoms with Crippen LogP contribution in [0.3, 0.4) is 0 Å². The Bertz CT molecular complexity index is 1050. The largest absolute Gasteiger partial charge is 0.451 e. The van der Waals surface area contributed by atoms with Gasteiger partial charge in [0, 0.05) is 5.56 Å². The predicted molar refractivity (Wildman–Crippen MR) is 108 cm³/mol. The molecule has 8 nitrogen and oxygen atoms in total. The Labute approximate surface area is 176 Å². The molecule has 3 aromatic rings. The molecular weight excluding hydrogens is 413 g/mol. The number of rotatable bonds is 5. The highest BCUT2D eigenvalue weighted by Crippen LogP contribution is 2.25. The molecule has 0 unspecified atom stereocenters. The summed E-state index contributed by atoms with van der Waals surface area (Å²) in [5.41, 5.74) is 0.411. The van der Waals surface area contributed by atoms with E-state index in [1.54, 1.807) is 39.8 Å². The second-order valence-corrected chi connectivity index (χ2v) is 8.26. The zero-order valence-electron chi connectivity index (χ0n) is 16.8. The number of esters is 1. The minimum absolute atomic E-state index is 0.188. The molecule has 0 spiro atoms. The lowest BCUT2D eigenvalue weighted by molar-refractivity contribution is 0.0443. The van der Waals surface area contributed by atoms with E-state index in [0.29, 0.717) is 17.0 Å². The molecule has 0 saturated heterocycles. The molecule has 0 aliphatic rings. The molecule has 2 aromatic heterocycles. The molecule has 0 bridgehead atoms. The molecule has 0 fully saturated rings. The van der Waals surface area contributed by atoms with Crippen molar-refractivity contribution >= 4 is 28.5 Å². The molecule has 0 atom stereocenters. The van der Waals surface area contributed by atoms with Crippen molar-refractivity contribution in [2.24, 2.45) is 0 Å². The smallest absolute Gasteiger partial charge is 0.413 e. The molecule has 1 amide bonds. The zero-order chi connectivity index (χ0) is 21.9. The van der Waals surface area contributed by atoms with E-state index in [0.717, 1.165) is 11.3 Å². The van der Waals surface area contributed by atoms with Gasteiger partial charge in [-0.25, -0.2) is 23.9 Å². The number of carbonyl (C=O) groups excluding carboxylic acids is 2. The van der Waals surface area contributed by atoms with Crippen LogP contribution in [0, 0.1) is 12.7 Å². The molecule has 10 heteroatoms. The maximum absolute atomic E-state index is 13.0. The Morgan fingerprint density at radius 2 is 1.93 bits per heavy atom. The lowest BCUT2D eigenvalue weighted by Crippen LogP contribution is -2.27. The molecule has 0 radical (unpaired) electrons. The van der Waals surface area contributed by atoms with Gasteiger partial charge in [-0.1, -0.05) is 11.3 Å². The Kier molecular flexibility index (Phi) is 6.16. The van der Waals surface area contributed by atoms with Gasteiger partial charge in [0.2, 0.25) is 5.89 Å². The van der Waals surface area contributed by atoms with Crippen LogP contribution in [0.2, 0.25) is 0 Å². The Morgan fingerprint density at radius 3 is 2.60 bits per heavy atom. The second-order valence-electron chi connectivity index (χ2n) is 7.26. The molecule has 1 N–H and O–H groups in total. The maximum atomic E-state index is 13.0. The van der Waals surface area contributed by atoms with Crippen LogP contribution in [0.15, 0.2) is 34.9 Å². The molecular formula is C20H20FN3O5S. The number of aryl methyl sites for hydroxylation is 1. The summed E-state index contributed by atoms with van der Waals surface area (Å²) in [6.45, 7) is 6.67. The summed E-state index contributed by atoms with van der Waals surface area (Å²) in [6, 6.07) is 5.75. The van der Waals surface area contributed by atoms with Gasteiger partial charge in [-0.3, -0.25) is 5.32 Å². The highest BCUT2D eigenvalue weighted by molar-refractivity contribution is 7.17. The third kappa shape index (κ3) is 5.63. The number of nitrogens with one attached hydrogen (secondary N) is 1. The van der Waals surface area contributed by atoms with E-state index in [4.69, 9.17) is 13.9 Å². The van der Waals surface area contributed by atoms with E-state index in [1.165, 1.54) is 18.3 Å². The number of thiazole rings is 1. The van der Waals surface area contributed by atoms with Gasteiger partial charge >= 0.3 is 12.1 Å². The summed E-state index contributed by atoms with van der Waals surface area (Å²) in [7, 11) is 0. The first-order valence-electron chi connectivity index (χ1n) is 8.96. The number of benzene rings is 1. The first kappa shape index (κ1) is 21.4. The number of anilines is 1. The van der Waals surface area contributed by atoms with Crippen LogP contribution in [0.1, 0.15) is 42.0 Å². The number of hydrogen-bond acceptors (Lipinski definition) is 8. The first-order chi connectivity index (χ1) is 14.1. The molecule has 158 valence electrons. The second kappa shape index (κ2) is 8.62. The summed E-state index contributed by atoms with van der Waals surface area (Å²) in [6.07, 6.45) is 0.807. The van der Waals surface area contributed by atoms with Gasteiger partial charge in [-0.15, -0.1) is 0 Å². The van der Waals surface area contributed by atoms with Crippen molar-refractivity contribution in [1.82, 2.24) is 9.97 Å². The lowest BCUT2D eigenvalue weighted by Gasteiger charge is -2.18. The van der Waals surface area contributed by atoms with Crippen LogP contribution in [-0.4, -0.2) is 27.6 Å². The fraction of sp³-hybridized carbons (Fsp3) is 0.300. The number of carbonyl (C=O) groups is 2. The van der Waals surface area contributed by atoms with E-state index in [2.05, 4.69) is 15.3 Å². The Morgan fingerprint density at radius 1 is 1.23 bits per heavy atom. The van der Waals surface area contributed by atoms with Crippen LogP contribution < -0.4 is 5.32 Å². The SMILES string of the molecule is Cc1nc(NC(=O)OC(C)(C)C)sc1C(=O)OCc1ncc(-c2ccc(F)cc2)o1. The van der Waals surface area contributed by atoms with Gasteiger partial charge < -0.3 is 13.9 Å². The summed E-state index contributed by atoms with van der Waals surface area (Å²) in [5, 5.41) is 2.72. The fourth-order valence-electron chi connectivity index (χ4n) is 2.35. The van der Waals surface area contributed by atoms with E-state index < -0.39 is 17.7 Å². The molecule has 0 saturated carbocycles. The number of aromatic nitrogens is 2. The van der Waals surface area contributed by atoms with Gasteiger partial charge in [0.05, 0.1) is 11.9 Å². The third-order valence-corrected chi connectivity index (χ3v) is 4.65. The predicted octanol–water partition coefficient (Wildman–Crippen LogP) is 4.95. The molecule has 3 rings (SSSR count). The lowest BCUT2D eigenvalue weighted by atomic mass is 10.2. The monoisotopic (exact) mass is 433 g/mol. The maximum Gasteiger partial charge on any atom is 0.413 e. The summed E-state index contributed by atoms with van der Waals surface area (Å²) in [5.74, 6) is -0.354. The number of hydrogen-bond donors (Lipinski definition) is 1. The quantitative estimate of drug-likeness (QED) is 0.568. The highest BCUT2D eigenvalue weighted by Gasteiger charge is 2.21.